The number of nitrogens with one attached hydrogen (secondary N) is 1. The summed E-state index contributed by atoms with van der Waals surface area (Å²) < 4.78 is 18.9. The van der Waals surface area contributed by atoms with E-state index in [2.05, 4.69) is 19.2 Å². The van der Waals surface area contributed by atoms with Crippen LogP contribution in [-0.2, 0) is 4.79 Å². The number of halogens is 1. The van der Waals surface area contributed by atoms with E-state index in [9.17, 15) is 9.18 Å². The molecular formula is C22H29FN2O2. The maximum Gasteiger partial charge on any atom is 0.258 e. The monoisotopic (exact) mass is 372 g/mol. The van der Waals surface area contributed by atoms with Gasteiger partial charge in [0.25, 0.3) is 5.91 Å². The molecule has 0 saturated carbocycles. The van der Waals surface area contributed by atoms with Crippen LogP contribution in [0.3, 0.4) is 0 Å². The van der Waals surface area contributed by atoms with Crippen molar-refractivity contribution in [1.82, 2.24) is 10.2 Å². The Balaban J connectivity index is 1.95. The molecule has 1 amide bonds. The van der Waals surface area contributed by atoms with Gasteiger partial charge in [0.2, 0.25) is 0 Å². The average molecular weight is 372 g/mol. The number of rotatable bonds is 8. The highest BCUT2D eigenvalue weighted by Crippen LogP contribution is 2.27. The molecule has 4 nitrogen and oxygen atoms in total. The third kappa shape index (κ3) is 6.07. The lowest BCUT2D eigenvalue weighted by molar-refractivity contribution is -0.123. The number of ether oxygens (including phenoxy) is 1. The quantitative estimate of drug-likeness (QED) is 0.760. The van der Waals surface area contributed by atoms with E-state index >= 15 is 0 Å². The van der Waals surface area contributed by atoms with Crippen molar-refractivity contribution in [1.29, 1.82) is 0 Å². The third-order valence-corrected chi connectivity index (χ3v) is 4.52. The van der Waals surface area contributed by atoms with Gasteiger partial charge in [-0.25, -0.2) is 4.39 Å². The Morgan fingerprint density at radius 2 is 1.81 bits per heavy atom. The highest BCUT2D eigenvalue weighted by atomic mass is 19.1. The molecule has 1 N–H and O–H groups in total. The zero-order valence-electron chi connectivity index (χ0n) is 16.8. The van der Waals surface area contributed by atoms with Gasteiger partial charge in [-0.3, -0.25) is 4.79 Å². The van der Waals surface area contributed by atoms with Crippen LogP contribution in [0.2, 0.25) is 0 Å². The van der Waals surface area contributed by atoms with Crippen molar-refractivity contribution in [2.24, 2.45) is 0 Å². The number of hydrogen-bond acceptors (Lipinski definition) is 3. The van der Waals surface area contributed by atoms with Crippen LogP contribution in [0.4, 0.5) is 4.39 Å². The van der Waals surface area contributed by atoms with E-state index in [4.69, 9.17) is 4.74 Å². The second-order valence-electron chi connectivity index (χ2n) is 7.32. The van der Waals surface area contributed by atoms with Gasteiger partial charge in [-0.05, 0) is 61.8 Å². The van der Waals surface area contributed by atoms with Crippen molar-refractivity contribution >= 4 is 5.91 Å². The first kappa shape index (κ1) is 20.9. The number of aryl methyl sites for hydroxylation is 1. The van der Waals surface area contributed by atoms with E-state index in [1.165, 1.54) is 12.1 Å². The lowest BCUT2D eigenvalue weighted by Crippen LogP contribution is -2.37. The molecule has 0 saturated heterocycles. The largest absolute Gasteiger partial charge is 0.483 e. The Hall–Kier alpha value is -2.40. The van der Waals surface area contributed by atoms with Crippen molar-refractivity contribution in [2.45, 2.75) is 32.7 Å². The molecule has 5 heteroatoms. The molecular weight excluding hydrogens is 343 g/mol. The summed E-state index contributed by atoms with van der Waals surface area (Å²) in [5.74, 6) is 0.621. The first-order valence-electron chi connectivity index (χ1n) is 9.20. The number of amides is 1. The van der Waals surface area contributed by atoms with Crippen LogP contribution >= 0.6 is 0 Å². The highest BCUT2D eigenvalue weighted by Gasteiger charge is 2.16. The number of benzene rings is 2. The van der Waals surface area contributed by atoms with Gasteiger partial charge in [0.15, 0.2) is 6.61 Å². The summed E-state index contributed by atoms with van der Waals surface area (Å²) in [7, 11) is 3.86. The summed E-state index contributed by atoms with van der Waals surface area (Å²) in [6.07, 6.45) is 0. The van der Waals surface area contributed by atoms with E-state index in [1.54, 1.807) is 12.1 Å². The molecule has 2 aromatic carbocycles. The first-order valence-corrected chi connectivity index (χ1v) is 9.20. The number of likely N-dealkylation sites (N-methyl/N-ethyl adjacent to an activating group) is 1. The summed E-state index contributed by atoms with van der Waals surface area (Å²) in [6, 6.07) is 12.4. The molecule has 0 heterocycles. The highest BCUT2D eigenvalue weighted by molar-refractivity contribution is 5.77. The first-order chi connectivity index (χ1) is 12.8. The molecule has 2 aromatic rings. The second kappa shape index (κ2) is 9.51. The number of carbonyl (C=O) groups excluding carboxylic acids is 1. The summed E-state index contributed by atoms with van der Waals surface area (Å²) in [6.45, 7) is 6.59. The van der Waals surface area contributed by atoms with Crippen LogP contribution in [0, 0.1) is 12.7 Å². The van der Waals surface area contributed by atoms with Gasteiger partial charge < -0.3 is 15.0 Å². The van der Waals surface area contributed by atoms with Crippen molar-refractivity contribution in [3.8, 4) is 5.75 Å². The summed E-state index contributed by atoms with van der Waals surface area (Å²) in [4.78, 5) is 14.3. The van der Waals surface area contributed by atoms with Gasteiger partial charge in [0, 0.05) is 6.54 Å². The molecule has 146 valence electrons. The Labute approximate surface area is 161 Å². The predicted octanol–water partition coefficient (Wildman–Crippen LogP) is 4.06. The average Bonchev–Trinajstić information content (AvgIpc) is 2.61. The van der Waals surface area contributed by atoms with Crippen LogP contribution in [0.1, 0.15) is 42.5 Å². The van der Waals surface area contributed by atoms with Crippen LogP contribution < -0.4 is 10.1 Å². The summed E-state index contributed by atoms with van der Waals surface area (Å²) >= 11 is 0. The Kier molecular flexibility index (Phi) is 7.36. The fraction of sp³-hybridized carbons (Fsp3) is 0.409. The second-order valence-corrected chi connectivity index (χ2v) is 7.32. The van der Waals surface area contributed by atoms with E-state index in [0.29, 0.717) is 12.5 Å². The lowest BCUT2D eigenvalue weighted by Gasteiger charge is -2.25. The molecule has 0 aliphatic heterocycles. The summed E-state index contributed by atoms with van der Waals surface area (Å²) in [5.41, 5.74) is 3.13. The smallest absolute Gasteiger partial charge is 0.258 e. The zero-order valence-corrected chi connectivity index (χ0v) is 16.8. The number of nitrogens with zero attached hydrogens (tertiary/aromatic N) is 1. The van der Waals surface area contributed by atoms with Crippen LogP contribution in [-0.4, -0.2) is 38.1 Å². The zero-order chi connectivity index (χ0) is 20.0. The molecule has 0 fully saturated rings. The minimum Gasteiger partial charge on any atom is -0.483 e. The fourth-order valence-electron chi connectivity index (χ4n) is 2.93. The third-order valence-electron chi connectivity index (χ3n) is 4.52. The normalized spacial score (nSPS) is 12.3. The minimum atomic E-state index is -0.271. The summed E-state index contributed by atoms with van der Waals surface area (Å²) in [5, 5.41) is 2.91. The molecule has 0 bridgehead atoms. The van der Waals surface area contributed by atoms with Gasteiger partial charge in [-0.2, -0.15) is 0 Å². The molecule has 0 aliphatic carbocycles. The topological polar surface area (TPSA) is 41.6 Å². The molecule has 0 aliphatic rings. The SMILES string of the molecule is Cc1ccc(C(C)C)c(OCC(=O)NCC(c2ccc(F)cc2)N(C)C)c1. The van der Waals surface area contributed by atoms with Crippen LogP contribution in [0.25, 0.3) is 0 Å². The molecule has 2 rings (SSSR count). The van der Waals surface area contributed by atoms with Crippen molar-refractivity contribution in [3.63, 3.8) is 0 Å². The molecule has 0 spiro atoms. The van der Waals surface area contributed by atoms with Crippen LogP contribution in [0.5, 0.6) is 5.75 Å². The molecule has 1 unspecified atom stereocenters. The van der Waals surface area contributed by atoms with Crippen LogP contribution in [0.15, 0.2) is 42.5 Å². The molecule has 27 heavy (non-hydrogen) atoms. The van der Waals surface area contributed by atoms with Gasteiger partial charge in [-0.1, -0.05) is 38.1 Å². The number of hydrogen-bond donors (Lipinski definition) is 1. The van der Waals surface area contributed by atoms with E-state index in [0.717, 1.165) is 22.4 Å². The molecule has 0 aromatic heterocycles. The number of carbonyl (C=O) groups is 1. The van der Waals surface area contributed by atoms with Gasteiger partial charge in [0.05, 0.1) is 6.04 Å². The maximum atomic E-state index is 13.1. The van der Waals surface area contributed by atoms with Crippen molar-refractivity contribution in [2.75, 3.05) is 27.2 Å². The lowest BCUT2D eigenvalue weighted by atomic mass is 10.0. The van der Waals surface area contributed by atoms with E-state index in [-0.39, 0.29) is 24.4 Å². The van der Waals surface area contributed by atoms with Crippen molar-refractivity contribution in [3.05, 3.63) is 65.0 Å². The van der Waals surface area contributed by atoms with E-state index < -0.39 is 0 Å². The maximum absolute atomic E-state index is 13.1. The molecule has 1 atom stereocenters. The van der Waals surface area contributed by atoms with Crippen molar-refractivity contribution < 1.29 is 13.9 Å². The van der Waals surface area contributed by atoms with Gasteiger partial charge >= 0.3 is 0 Å². The standard InChI is InChI=1S/C22H29FN2O2/c1-15(2)19-11-6-16(3)12-21(19)27-14-22(26)24-13-20(25(4)5)17-7-9-18(23)10-8-17/h6-12,15,20H,13-14H2,1-5H3,(H,24,26). The minimum absolute atomic E-state index is 0.0350. The fourth-order valence-corrected chi connectivity index (χ4v) is 2.93. The Morgan fingerprint density at radius 3 is 2.41 bits per heavy atom. The van der Waals surface area contributed by atoms with E-state index in [1.807, 2.05) is 44.1 Å². The Morgan fingerprint density at radius 1 is 1.15 bits per heavy atom. The van der Waals surface area contributed by atoms with Gasteiger partial charge in [0.1, 0.15) is 11.6 Å². The molecule has 0 radical (unpaired) electrons. The predicted molar refractivity (Wildman–Crippen MR) is 107 cm³/mol. The van der Waals surface area contributed by atoms with Gasteiger partial charge in [-0.15, -0.1) is 0 Å². The Bertz CT molecular complexity index is 757.